The second kappa shape index (κ2) is 5.98. The summed E-state index contributed by atoms with van der Waals surface area (Å²) in [6, 6.07) is 0. The van der Waals surface area contributed by atoms with Crippen molar-refractivity contribution >= 4 is 23.3 Å². The zero-order valence-corrected chi connectivity index (χ0v) is 11.0. The highest BCUT2D eigenvalue weighted by Gasteiger charge is 2.22. The molecule has 2 rings (SSSR count). The second-order valence-electron chi connectivity index (χ2n) is 4.24. The first-order valence-electron chi connectivity index (χ1n) is 5.94. The number of amides is 1. The van der Waals surface area contributed by atoms with Gasteiger partial charge in [0.2, 0.25) is 5.91 Å². The Morgan fingerprint density at radius 1 is 1.53 bits per heavy atom. The number of nitro groups is 1. The fourth-order valence-corrected chi connectivity index (χ4v) is 2.14. The maximum Gasteiger partial charge on any atom is 0.408 e. The summed E-state index contributed by atoms with van der Waals surface area (Å²) < 4.78 is 1.21. The third-order valence-electron chi connectivity index (χ3n) is 2.86. The van der Waals surface area contributed by atoms with Crippen molar-refractivity contribution in [3.8, 4) is 0 Å². The molecule has 1 N–H and O–H groups in total. The Hall–Kier alpha value is -1.67. The van der Waals surface area contributed by atoms with Crippen LogP contribution in [0.4, 0.5) is 5.82 Å². The summed E-state index contributed by atoms with van der Waals surface area (Å²) in [6.45, 7) is 2.93. The van der Waals surface area contributed by atoms with Gasteiger partial charge >= 0.3 is 5.82 Å². The Morgan fingerprint density at radius 2 is 2.32 bits per heavy atom. The van der Waals surface area contributed by atoms with Gasteiger partial charge in [-0.1, -0.05) is 11.6 Å². The number of hydrogen-bond donors (Lipinski definition) is 1. The molecular weight excluding hydrogens is 274 g/mol. The predicted octanol–water partition coefficient (Wildman–Crippen LogP) is 0.267. The van der Waals surface area contributed by atoms with Gasteiger partial charge in [0.25, 0.3) is 0 Å². The van der Waals surface area contributed by atoms with Crippen molar-refractivity contribution in [2.45, 2.75) is 13.0 Å². The highest BCUT2D eigenvalue weighted by atomic mass is 35.5. The Balaban J connectivity index is 2.01. The summed E-state index contributed by atoms with van der Waals surface area (Å²) in [5, 5.41) is 17.4. The maximum absolute atomic E-state index is 12.0. The van der Waals surface area contributed by atoms with Crippen molar-refractivity contribution in [2.75, 3.05) is 26.2 Å². The van der Waals surface area contributed by atoms with Crippen molar-refractivity contribution in [3.63, 3.8) is 0 Å². The third-order valence-corrected chi connectivity index (χ3v) is 3.13. The molecule has 0 atom stereocenters. The van der Waals surface area contributed by atoms with Crippen molar-refractivity contribution in [1.29, 1.82) is 0 Å². The number of aromatic nitrogens is 2. The molecule has 0 bridgehead atoms. The van der Waals surface area contributed by atoms with Gasteiger partial charge in [0, 0.05) is 19.6 Å². The first kappa shape index (κ1) is 13.8. The molecule has 8 nitrogen and oxygen atoms in total. The predicted molar refractivity (Wildman–Crippen MR) is 68.0 cm³/mol. The van der Waals surface area contributed by atoms with Gasteiger partial charge in [-0.3, -0.25) is 4.79 Å². The van der Waals surface area contributed by atoms with Crippen LogP contribution in [-0.4, -0.2) is 51.7 Å². The number of carbonyl (C=O) groups is 1. The molecule has 1 aliphatic rings. The fourth-order valence-electron chi connectivity index (χ4n) is 1.93. The highest BCUT2D eigenvalue weighted by molar-refractivity contribution is 6.32. The van der Waals surface area contributed by atoms with Crippen molar-refractivity contribution in [3.05, 3.63) is 21.3 Å². The number of nitrogens with zero attached hydrogens (tertiary/aromatic N) is 4. The van der Waals surface area contributed by atoms with Crippen LogP contribution in [0, 0.1) is 10.1 Å². The van der Waals surface area contributed by atoms with E-state index in [4.69, 9.17) is 11.6 Å². The highest BCUT2D eigenvalue weighted by Crippen LogP contribution is 2.21. The number of nitrogens with one attached hydrogen (secondary N) is 1. The minimum absolute atomic E-state index is 0.0342. The first-order valence-corrected chi connectivity index (χ1v) is 6.31. The lowest BCUT2D eigenvalue weighted by atomic mass is 10.4. The van der Waals surface area contributed by atoms with Crippen LogP contribution < -0.4 is 5.32 Å². The number of hydrogen-bond acceptors (Lipinski definition) is 5. The molecule has 1 fully saturated rings. The molecule has 0 unspecified atom stereocenters. The van der Waals surface area contributed by atoms with E-state index in [0.717, 1.165) is 19.5 Å². The quantitative estimate of drug-likeness (QED) is 0.636. The third kappa shape index (κ3) is 3.42. The summed E-state index contributed by atoms with van der Waals surface area (Å²) in [7, 11) is 0. The lowest BCUT2D eigenvalue weighted by molar-refractivity contribution is -0.389. The van der Waals surface area contributed by atoms with Crippen LogP contribution in [0.15, 0.2) is 6.20 Å². The van der Waals surface area contributed by atoms with Crippen LogP contribution in [0.25, 0.3) is 0 Å². The van der Waals surface area contributed by atoms with E-state index >= 15 is 0 Å². The molecule has 0 saturated carbocycles. The van der Waals surface area contributed by atoms with E-state index in [-0.39, 0.29) is 17.5 Å². The Morgan fingerprint density at radius 3 is 3.00 bits per heavy atom. The molecule has 0 radical (unpaired) electrons. The average Bonchev–Trinajstić information content (AvgIpc) is 2.58. The topological polar surface area (TPSA) is 93.3 Å². The van der Waals surface area contributed by atoms with Crippen LogP contribution >= 0.6 is 11.6 Å². The van der Waals surface area contributed by atoms with E-state index in [1.165, 1.54) is 10.9 Å². The minimum Gasteiger partial charge on any atom is -0.358 e. The maximum atomic E-state index is 12.0. The zero-order valence-electron chi connectivity index (χ0n) is 10.2. The van der Waals surface area contributed by atoms with Gasteiger partial charge < -0.3 is 20.3 Å². The van der Waals surface area contributed by atoms with Crippen LogP contribution in [0.3, 0.4) is 0 Å². The van der Waals surface area contributed by atoms with E-state index in [2.05, 4.69) is 10.4 Å². The largest absolute Gasteiger partial charge is 0.408 e. The van der Waals surface area contributed by atoms with Crippen molar-refractivity contribution < 1.29 is 9.72 Å². The molecule has 0 aromatic carbocycles. The number of carbonyl (C=O) groups excluding carboxylic acids is 1. The van der Waals surface area contributed by atoms with E-state index in [1.54, 1.807) is 4.90 Å². The van der Waals surface area contributed by atoms with E-state index in [1.807, 2.05) is 0 Å². The van der Waals surface area contributed by atoms with Crippen LogP contribution in [0.5, 0.6) is 0 Å². The van der Waals surface area contributed by atoms with Gasteiger partial charge in [0.15, 0.2) is 5.02 Å². The summed E-state index contributed by atoms with van der Waals surface area (Å²) in [6.07, 6.45) is 2.19. The smallest absolute Gasteiger partial charge is 0.358 e. The molecule has 1 aliphatic heterocycles. The molecule has 1 aromatic heterocycles. The number of halogens is 1. The van der Waals surface area contributed by atoms with E-state index < -0.39 is 10.7 Å². The summed E-state index contributed by atoms with van der Waals surface area (Å²) in [5.74, 6) is -0.537. The number of rotatable bonds is 3. The van der Waals surface area contributed by atoms with E-state index in [0.29, 0.717) is 13.1 Å². The molecule has 104 valence electrons. The zero-order chi connectivity index (χ0) is 13.8. The van der Waals surface area contributed by atoms with Crippen molar-refractivity contribution in [1.82, 2.24) is 20.0 Å². The summed E-state index contributed by atoms with van der Waals surface area (Å²) in [5.41, 5.74) is 0. The van der Waals surface area contributed by atoms with Crippen LogP contribution in [0.2, 0.25) is 5.02 Å². The van der Waals surface area contributed by atoms with Gasteiger partial charge in [-0.25, -0.2) is 0 Å². The lowest BCUT2D eigenvalue weighted by Crippen LogP contribution is -2.36. The molecule has 9 heteroatoms. The fraction of sp³-hybridized carbons (Fsp3) is 0.600. The van der Waals surface area contributed by atoms with Crippen molar-refractivity contribution in [2.24, 2.45) is 0 Å². The van der Waals surface area contributed by atoms with Gasteiger partial charge in [0.05, 0.1) is 11.3 Å². The summed E-state index contributed by atoms with van der Waals surface area (Å²) >= 11 is 5.68. The monoisotopic (exact) mass is 287 g/mol. The van der Waals surface area contributed by atoms with Crippen LogP contribution in [0.1, 0.15) is 6.42 Å². The SMILES string of the molecule is O=C(Cn1cc(Cl)c([N+](=O)[O-])n1)N1CCCNCC1. The summed E-state index contributed by atoms with van der Waals surface area (Å²) in [4.78, 5) is 23.7. The Kier molecular flexibility index (Phi) is 4.33. The standard InChI is InChI=1S/C10H14ClN5O3/c11-8-6-15(13-10(8)16(18)19)7-9(17)14-4-1-2-12-3-5-14/h6,12H,1-5,7H2. The van der Waals surface area contributed by atoms with E-state index in [9.17, 15) is 14.9 Å². The molecular formula is C10H14ClN5O3. The Bertz CT molecular complexity index is 482. The molecule has 0 spiro atoms. The van der Waals surface area contributed by atoms with Crippen LogP contribution in [-0.2, 0) is 11.3 Å². The van der Waals surface area contributed by atoms with Gasteiger partial charge in [-0.15, -0.1) is 0 Å². The molecule has 1 saturated heterocycles. The normalized spacial score (nSPS) is 16.2. The molecule has 1 amide bonds. The molecule has 19 heavy (non-hydrogen) atoms. The minimum atomic E-state index is -0.667. The van der Waals surface area contributed by atoms with Gasteiger partial charge in [-0.2, -0.15) is 4.68 Å². The second-order valence-corrected chi connectivity index (χ2v) is 4.65. The lowest BCUT2D eigenvalue weighted by Gasteiger charge is -2.18. The van der Waals surface area contributed by atoms with Gasteiger partial charge in [-0.05, 0) is 17.9 Å². The molecule has 1 aromatic rings. The first-order chi connectivity index (χ1) is 9.08. The average molecular weight is 288 g/mol. The molecule has 2 heterocycles. The van der Waals surface area contributed by atoms with Gasteiger partial charge in [0.1, 0.15) is 6.54 Å². The molecule has 0 aliphatic carbocycles. The Labute approximate surface area is 114 Å².